The second-order valence-corrected chi connectivity index (χ2v) is 8.76. The number of hydrogen-bond acceptors (Lipinski definition) is 5. The van der Waals surface area contributed by atoms with E-state index in [2.05, 4.69) is 0 Å². The molecule has 0 saturated carbocycles. The maximum atomic E-state index is 14.5. The molecule has 0 fully saturated rings. The molecule has 9 heteroatoms. The maximum Gasteiger partial charge on any atom is 0.278 e. The van der Waals surface area contributed by atoms with E-state index < -0.39 is 28.9 Å². The maximum absolute atomic E-state index is 14.5. The predicted octanol–water partition coefficient (Wildman–Crippen LogP) is 4.21. The highest BCUT2D eigenvalue weighted by atomic mass is 35.5. The Kier molecular flexibility index (Phi) is 5.98. The molecule has 2 aromatic carbocycles. The molecule has 0 aliphatic carbocycles. The molecule has 2 atom stereocenters. The van der Waals surface area contributed by atoms with Crippen molar-refractivity contribution in [2.24, 2.45) is 0 Å². The molecule has 0 radical (unpaired) electrons. The molecule has 35 heavy (non-hydrogen) atoms. The first kappa shape index (κ1) is 23.0. The second kappa shape index (κ2) is 9.11. The van der Waals surface area contributed by atoms with E-state index >= 15 is 0 Å². The minimum Gasteiger partial charge on any atom is -0.502 e. The Hall–Kier alpha value is -3.78. The van der Waals surface area contributed by atoms with Gasteiger partial charge in [0.05, 0.1) is 6.04 Å². The van der Waals surface area contributed by atoms with Crippen LogP contribution in [0, 0.1) is 5.82 Å². The van der Waals surface area contributed by atoms with Crippen LogP contribution in [0.1, 0.15) is 41.0 Å². The molecule has 1 aromatic heterocycles. The van der Waals surface area contributed by atoms with Gasteiger partial charge >= 0.3 is 0 Å². The van der Waals surface area contributed by atoms with E-state index in [-0.39, 0.29) is 35.8 Å². The molecule has 7 nitrogen and oxygen atoms in total. The first-order chi connectivity index (χ1) is 16.9. The highest BCUT2D eigenvalue weighted by molar-refractivity contribution is 6.32. The molecule has 2 aliphatic rings. The molecular formula is C26H23ClFN3O4. The number of pyridine rings is 1. The summed E-state index contributed by atoms with van der Waals surface area (Å²) in [6.07, 6.45) is 5.64. The lowest BCUT2D eigenvalue weighted by atomic mass is 9.96. The fourth-order valence-electron chi connectivity index (χ4n) is 4.68. The highest BCUT2D eigenvalue weighted by Gasteiger charge is 2.39. The standard InChI is InChI=1S/C26H23ClFN3O4/c1-2-17-9-6-14-35-25-18(10-11-19(28)21(25)27)22(16-7-4-3-5-8-16)31-15-29(17)26(34)23-24(33)20(32)12-13-30(23)31/h3-13,17,22,33H,2,14-15H2,1H3/b9-6-/t17-,22-/m0/s1. The van der Waals surface area contributed by atoms with Gasteiger partial charge in [-0.2, -0.15) is 0 Å². The molecule has 0 saturated heterocycles. The Morgan fingerprint density at radius 1 is 1.14 bits per heavy atom. The van der Waals surface area contributed by atoms with Crippen molar-refractivity contribution in [2.75, 3.05) is 18.3 Å². The fourth-order valence-corrected chi connectivity index (χ4v) is 4.90. The van der Waals surface area contributed by atoms with E-state index in [4.69, 9.17) is 16.3 Å². The molecule has 2 aliphatic heterocycles. The quantitative estimate of drug-likeness (QED) is 0.539. The zero-order chi connectivity index (χ0) is 24.7. The highest BCUT2D eigenvalue weighted by Crippen LogP contribution is 2.41. The Morgan fingerprint density at radius 2 is 1.91 bits per heavy atom. The summed E-state index contributed by atoms with van der Waals surface area (Å²) in [5, 5.41) is 12.4. The van der Waals surface area contributed by atoms with Crippen LogP contribution in [-0.2, 0) is 0 Å². The third-order valence-electron chi connectivity index (χ3n) is 6.38. The molecule has 180 valence electrons. The number of aromatic nitrogens is 1. The van der Waals surface area contributed by atoms with Gasteiger partial charge in [-0.1, -0.05) is 54.9 Å². The normalized spacial score (nSPS) is 20.4. The van der Waals surface area contributed by atoms with Gasteiger partial charge in [-0.05, 0) is 30.2 Å². The molecule has 1 N–H and O–H groups in total. The number of halogens is 2. The molecule has 5 rings (SSSR count). The van der Waals surface area contributed by atoms with Crippen molar-refractivity contribution in [3.8, 4) is 11.5 Å². The third-order valence-corrected chi connectivity index (χ3v) is 6.73. The van der Waals surface area contributed by atoms with Crippen molar-refractivity contribution in [2.45, 2.75) is 25.4 Å². The van der Waals surface area contributed by atoms with Gasteiger partial charge in [0.1, 0.15) is 35.9 Å². The van der Waals surface area contributed by atoms with Crippen LogP contribution in [0.25, 0.3) is 0 Å². The summed E-state index contributed by atoms with van der Waals surface area (Å²) in [6, 6.07) is 12.6. The van der Waals surface area contributed by atoms with Crippen LogP contribution in [-0.4, -0.2) is 39.9 Å². The summed E-state index contributed by atoms with van der Waals surface area (Å²) in [5.74, 6) is -1.51. The van der Waals surface area contributed by atoms with Gasteiger partial charge in [-0.25, -0.2) is 4.39 Å². The average molecular weight is 496 g/mol. The fraction of sp³-hybridized carbons (Fsp3) is 0.231. The van der Waals surface area contributed by atoms with Crippen molar-refractivity contribution >= 4 is 17.5 Å². The van der Waals surface area contributed by atoms with Gasteiger partial charge in [0.2, 0.25) is 5.43 Å². The summed E-state index contributed by atoms with van der Waals surface area (Å²) in [6.45, 7) is 2.19. The first-order valence-corrected chi connectivity index (χ1v) is 11.6. The number of benzene rings is 2. The molecule has 2 bridgehead atoms. The molecule has 3 aromatic rings. The van der Waals surface area contributed by atoms with Crippen LogP contribution in [0.5, 0.6) is 11.5 Å². The first-order valence-electron chi connectivity index (χ1n) is 11.3. The molecule has 3 heterocycles. The molecular weight excluding hydrogens is 473 g/mol. The lowest BCUT2D eigenvalue weighted by molar-refractivity contribution is 0.0626. The summed E-state index contributed by atoms with van der Waals surface area (Å²) in [4.78, 5) is 27.5. The molecule has 0 spiro atoms. The SMILES string of the molecule is CC[C@H]1/C=C\COc2c(ccc(F)c2Cl)[C@H](c2ccccc2)N2CN1C(=O)c1c(O)c(=O)ccn12. The smallest absolute Gasteiger partial charge is 0.278 e. The van der Waals surface area contributed by atoms with Gasteiger partial charge in [0, 0.05) is 17.8 Å². The number of fused-ring (bicyclic) bond motifs is 5. The van der Waals surface area contributed by atoms with E-state index in [1.165, 1.54) is 23.0 Å². The Bertz CT molecular complexity index is 1380. The average Bonchev–Trinajstić information content (AvgIpc) is 2.89. The zero-order valence-corrected chi connectivity index (χ0v) is 19.7. The van der Waals surface area contributed by atoms with E-state index in [9.17, 15) is 19.1 Å². The molecule has 1 amide bonds. The van der Waals surface area contributed by atoms with Crippen LogP contribution in [0.15, 0.2) is 71.7 Å². The number of carbonyl (C=O) groups is 1. The number of hydrogen-bond donors (Lipinski definition) is 1. The van der Waals surface area contributed by atoms with Crippen LogP contribution in [0.3, 0.4) is 0 Å². The number of nitrogens with zero attached hydrogens (tertiary/aromatic N) is 3. The van der Waals surface area contributed by atoms with Gasteiger partial charge in [-0.15, -0.1) is 0 Å². The summed E-state index contributed by atoms with van der Waals surface area (Å²) < 4.78 is 22.0. The van der Waals surface area contributed by atoms with E-state index in [0.717, 1.165) is 5.56 Å². The van der Waals surface area contributed by atoms with Gasteiger partial charge in [0.15, 0.2) is 11.4 Å². The second-order valence-electron chi connectivity index (χ2n) is 8.39. The van der Waals surface area contributed by atoms with Gasteiger partial charge in [-0.3, -0.25) is 19.3 Å². The van der Waals surface area contributed by atoms with Gasteiger partial charge in [0.25, 0.3) is 5.91 Å². The van der Waals surface area contributed by atoms with Crippen LogP contribution < -0.4 is 15.2 Å². The summed E-state index contributed by atoms with van der Waals surface area (Å²) in [7, 11) is 0. The van der Waals surface area contributed by atoms with Crippen LogP contribution in [0.2, 0.25) is 5.02 Å². The zero-order valence-electron chi connectivity index (χ0n) is 18.9. The van der Waals surface area contributed by atoms with Gasteiger partial charge < -0.3 is 14.7 Å². The number of aromatic hydroxyl groups is 1. The summed E-state index contributed by atoms with van der Waals surface area (Å²) >= 11 is 6.39. The van der Waals surface area contributed by atoms with E-state index in [0.29, 0.717) is 12.0 Å². The van der Waals surface area contributed by atoms with Crippen LogP contribution in [0.4, 0.5) is 4.39 Å². The van der Waals surface area contributed by atoms with Crippen molar-refractivity contribution in [1.82, 2.24) is 9.58 Å². The Balaban J connectivity index is 1.84. The largest absolute Gasteiger partial charge is 0.502 e. The number of carbonyl (C=O) groups excluding carboxylic acids is 1. The van der Waals surface area contributed by atoms with E-state index in [1.54, 1.807) is 17.0 Å². The lowest BCUT2D eigenvalue weighted by Gasteiger charge is -2.45. The molecule has 0 unspecified atom stereocenters. The Morgan fingerprint density at radius 3 is 2.66 bits per heavy atom. The number of ether oxygens (including phenoxy) is 1. The van der Waals surface area contributed by atoms with E-state index in [1.807, 2.05) is 48.3 Å². The van der Waals surface area contributed by atoms with Crippen molar-refractivity contribution in [1.29, 1.82) is 0 Å². The third kappa shape index (κ3) is 3.83. The van der Waals surface area contributed by atoms with Crippen molar-refractivity contribution in [3.63, 3.8) is 0 Å². The minimum absolute atomic E-state index is 0.117. The topological polar surface area (TPSA) is 75.0 Å². The number of rotatable bonds is 2. The minimum atomic E-state index is -0.649. The van der Waals surface area contributed by atoms with Crippen LogP contribution >= 0.6 is 11.6 Å². The summed E-state index contributed by atoms with van der Waals surface area (Å²) in [5.41, 5.74) is 0.610. The Labute approximate surface area is 206 Å². The number of amides is 1. The monoisotopic (exact) mass is 495 g/mol. The lowest BCUT2D eigenvalue weighted by Crippen LogP contribution is -2.57. The van der Waals surface area contributed by atoms with Crippen molar-refractivity contribution in [3.05, 3.63) is 105 Å². The predicted molar refractivity (Wildman–Crippen MR) is 130 cm³/mol. The van der Waals surface area contributed by atoms with Crippen molar-refractivity contribution < 1.29 is 19.0 Å².